The predicted molar refractivity (Wildman–Crippen MR) is 171 cm³/mol. The van der Waals surface area contributed by atoms with E-state index < -0.39 is 5.97 Å². The van der Waals surface area contributed by atoms with E-state index in [1.54, 1.807) is 47.0 Å². The molecular weight excluding hydrogens is 568 g/mol. The Bertz CT molecular complexity index is 1960. The van der Waals surface area contributed by atoms with Crippen LogP contribution in [-0.4, -0.2) is 61.6 Å². The van der Waals surface area contributed by atoms with Gasteiger partial charge < -0.3 is 15.3 Å². The number of carboxylic acids is 1. The smallest absolute Gasteiger partial charge is 0.335 e. The molecule has 10 heteroatoms. The van der Waals surface area contributed by atoms with E-state index in [0.717, 1.165) is 42.7 Å². The summed E-state index contributed by atoms with van der Waals surface area (Å²) in [6, 6.07) is 27.8. The second kappa shape index (κ2) is 11.6. The maximum absolute atomic E-state index is 13.2. The Morgan fingerprint density at radius 3 is 2.27 bits per heavy atom. The highest BCUT2D eigenvalue weighted by atomic mass is 16.4. The van der Waals surface area contributed by atoms with E-state index in [-0.39, 0.29) is 23.6 Å². The molecule has 2 atom stereocenters. The lowest BCUT2D eigenvalue weighted by Gasteiger charge is -2.34. The number of aromatic nitrogens is 3. The molecule has 2 aliphatic heterocycles. The standard InChI is InChI=1S/C35H32N6O4/c1-22-30-15-16-31(42)41(27-13-11-25(12-14-27)33(43)36-18-23-7-9-26(10-8-23)34(44)45)32(30)38-35(37-22)40-21-28-17-29(40)20-39(28)19-24-5-3-2-4-6-24/h2-16,28-29H,17-21H2,1H3,(H,36,43)(H,44,45). The molecular formula is C35H32N6O4. The van der Waals surface area contributed by atoms with Gasteiger partial charge in [0.05, 0.1) is 16.9 Å². The van der Waals surface area contributed by atoms with E-state index in [1.165, 1.54) is 23.8 Å². The Kier molecular flexibility index (Phi) is 7.34. The van der Waals surface area contributed by atoms with Crippen LogP contribution in [0, 0.1) is 6.92 Å². The fourth-order valence-electron chi connectivity index (χ4n) is 6.45. The molecule has 2 bridgehead atoms. The van der Waals surface area contributed by atoms with Crippen molar-refractivity contribution in [1.29, 1.82) is 0 Å². The number of piperazine rings is 1. The van der Waals surface area contributed by atoms with Crippen LogP contribution >= 0.6 is 0 Å². The van der Waals surface area contributed by atoms with Gasteiger partial charge in [-0.3, -0.25) is 19.1 Å². The van der Waals surface area contributed by atoms with Crippen molar-refractivity contribution in [3.05, 3.63) is 129 Å². The molecule has 0 saturated carbocycles. The van der Waals surface area contributed by atoms with E-state index in [1.807, 2.05) is 13.0 Å². The van der Waals surface area contributed by atoms with Crippen LogP contribution in [-0.2, 0) is 13.1 Å². The van der Waals surface area contributed by atoms with Crippen LogP contribution in [0.1, 0.15) is 44.0 Å². The van der Waals surface area contributed by atoms with Gasteiger partial charge >= 0.3 is 5.97 Å². The van der Waals surface area contributed by atoms with Gasteiger partial charge in [-0.25, -0.2) is 9.78 Å². The van der Waals surface area contributed by atoms with Crippen LogP contribution in [0.25, 0.3) is 16.7 Å². The van der Waals surface area contributed by atoms with E-state index in [2.05, 4.69) is 39.4 Å². The molecule has 2 N–H and O–H groups in total. The number of carbonyl (C=O) groups is 2. The highest BCUT2D eigenvalue weighted by molar-refractivity contribution is 5.94. The van der Waals surface area contributed by atoms with Crippen LogP contribution in [0.4, 0.5) is 5.95 Å². The molecule has 226 valence electrons. The maximum atomic E-state index is 13.2. The Labute approximate surface area is 259 Å². The highest BCUT2D eigenvalue weighted by Gasteiger charge is 2.44. The SMILES string of the molecule is Cc1nc(N2CC3CC2CN3Cc2ccccc2)nc2c1ccc(=O)n2-c1ccc(C(=O)NCc2ccc(C(=O)O)cc2)cc1. The first-order valence-electron chi connectivity index (χ1n) is 15.0. The summed E-state index contributed by atoms with van der Waals surface area (Å²) in [5.74, 6) is -0.638. The lowest BCUT2D eigenvalue weighted by atomic mass is 10.1. The molecule has 10 nitrogen and oxygen atoms in total. The summed E-state index contributed by atoms with van der Waals surface area (Å²) in [6.07, 6.45) is 1.06. The summed E-state index contributed by atoms with van der Waals surface area (Å²) in [5.41, 5.74) is 4.46. The van der Waals surface area contributed by atoms with Gasteiger partial charge in [0.1, 0.15) is 0 Å². The van der Waals surface area contributed by atoms with Gasteiger partial charge in [-0.1, -0.05) is 42.5 Å². The largest absolute Gasteiger partial charge is 0.478 e. The van der Waals surface area contributed by atoms with Crippen molar-refractivity contribution >= 4 is 28.9 Å². The van der Waals surface area contributed by atoms with Crippen molar-refractivity contribution in [2.45, 2.75) is 38.5 Å². The monoisotopic (exact) mass is 600 g/mol. The van der Waals surface area contributed by atoms with E-state index >= 15 is 0 Å². The summed E-state index contributed by atoms with van der Waals surface area (Å²) in [6.45, 7) is 4.91. The predicted octanol–water partition coefficient (Wildman–Crippen LogP) is 4.18. The third kappa shape index (κ3) is 5.56. The Balaban J connectivity index is 1.10. The zero-order valence-corrected chi connectivity index (χ0v) is 24.8. The molecule has 5 aromatic rings. The molecule has 7 rings (SSSR count). The molecule has 2 aromatic heterocycles. The Morgan fingerprint density at radius 1 is 0.844 bits per heavy atom. The number of benzene rings is 3. The Morgan fingerprint density at radius 2 is 1.58 bits per heavy atom. The molecule has 4 heterocycles. The average molecular weight is 601 g/mol. The van der Waals surface area contributed by atoms with E-state index in [0.29, 0.717) is 34.9 Å². The van der Waals surface area contributed by atoms with Gasteiger partial charge in [-0.15, -0.1) is 0 Å². The number of aryl methyl sites for hydroxylation is 1. The number of carboxylic acid groups (broad SMARTS) is 1. The number of hydrogen-bond donors (Lipinski definition) is 2. The van der Waals surface area contributed by atoms with Crippen LogP contribution in [0.15, 0.2) is 95.8 Å². The molecule has 0 aliphatic carbocycles. The number of aromatic carboxylic acids is 1. The summed E-state index contributed by atoms with van der Waals surface area (Å²) >= 11 is 0. The van der Waals surface area contributed by atoms with Gasteiger partial charge in [0.25, 0.3) is 11.5 Å². The van der Waals surface area contributed by atoms with E-state index in [9.17, 15) is 14.4 Å². The first kappa shape index (κ1) is 28.4. The van der Waals surface area contributed by atoms with Crippen LogP contribution < -0.4 is 15.8 Å². The summed E-state index contributed by atoms with van der Waals surface area (Å²) in [5, 5.41) is 12.7. The molecule has 2 saturated heterocycles. The second-order valence-corrected chi connectivity index (χ2v) is 11.7. The van der Waals surface area contributed by atoms with Crippen LogP contribution in [0.2, 0.25) is 0 Å². The molecule has 0 radical (unpaired) electrons. The molecule has 45 heavy (non-hydrogen) atoms. The number of fused-ring (bicyclic) bond motifs is 3. The summed E-state index contributed by atoms with van der Waals surface area (Å²) in [4.78, 5) is 51.8. The number of likely N-dealkylation sites (tertiary alicyclic amines) is 1. The van der Waals surface area contributed by atoms with Crippen molar-refractivity contribution in [3.8, 4) is 5.69 Å². The van der Waals surface area contributed by atoms with Crippen molar-refractivity contribution in [3.63, 3.8) is 0 Å². The van der Waals surface area contributed by atoms with Gasteiger partial charge in [-0.2, -0.15) is 4.98 Å². The number of nitrogens with zero attached hydrogens (tertiary/aromatic N) is 5. The minimum Gasteiger partial charge on any atom is -0.478 e. The number of rotatable bonds is 8. The molecule has 2 aliphatic rings. The number of nitrogens with one attached hydrogen (secondary N) is 1. The number of amides is 1. The first-order chi connectivity index (χ1) is 21.8. The topological polar surface area (TPSA) is 121 Å². The fraction of sp³-hybridized carbons (Fsp3) is 0.229. The van der Waals surface area contributed by atoms with Gasteiger partial charge in [-0.05, 0) is 66.9 Å². The molecule has 0 spiro atoms. The lowest BCUT2D eigenvalue weighted by molar-refractivity contribution is 0.0696. The van der Waals surface area contributed by atoms with Gasteiger partial charge in [0.15, 0.2) is 5.65 Å². The normalized spacial score (nSPS) is 17.6. The summed E-state index contributed by atoms with van der Waals surface area (Å²) in [7, 11) is 0. The lowest BCUT2D eigenvalue weighted by Crippen LogP contribution is -2.46. The van der Waals surface area contributed by atoms with Crippen molar-refractivity contribution in [1.82, 2.24) is 24.8 Å². The van der Waals surface area contributed by atoms with Crippen LogP contribution in [0.3, 0.4) is 0 Å². The van der Waals surface area contributed by atoms with Gasteiger partial charge in [0, 0.05) is 55.3 Å². The first-order valence-corrected chi connectivity index (χ1v) is 15.0. The van der Waals surface area contributed by atoms with E-state index in [4.69, 9.17) is 15.1 Å². The minimum atomic E-state index is -0.997. The summed E-state index contributed by atoms with van der Waals surface area (Å²) < 4.78 is 1.58. The highest BCUT2D eigenvalue weighted by Crippen LogP contribution is 2.35. The molecule has 2 unspecified atom stereocenters. The zero-order chi connectivity index (χ0) is 31.1. The average Bonchev–Trinajstić information content (AvgIpc) is 3.65. The van der Waals surface area contributed by atoms with Crippen molar-refractivity contribution in [2.75, 3.05) is 18.0 Å². The number of pyridine rings is 1. The van der Waals surface area contributed by atoms with Crippen molar-refractivity contribution in [2.24, 2.45) is 0 Å². The Hall–Kier alpha value is -5.35. The third-order valence-electron chi connectivity index (χ3n) is 8.81. The number of hydrogen-bond acceptors (Lipinski definition) is 7. The fourth-order valence-corrected chi connectivity index (χ4v) is 6.45. The zero-order valence-electron chi connectivity index (χ0n) is 24.8. The number of carbonyl (C=O) groups excluding carboxylic acids is 1. The third-order valence-corrected chi connectivity index (χ3v) is 8.81. The van der Waals surface area contributed by atoms with Crippen LogP contribution in [0.5, 0.6) is 0 Å². The maximum Gasteiger partial charge on any atom is 0.335 e. The quantitative estimate of drug-likeness (QED) is 0.272. The number of anilines is 1. The van der Waals surface area contributed by atoms with Crippen molar-refractivity contribution < 1.29 is 14.7 Å². The molecule has 1 amide bonds. The molecule has 3 aromatic carbocycles. The van der Waals surface area contributed by atoms with Gasteiger partial charge in [0.2, 0.25) is 5.95 Å². The molecule has 2 fully saturated rings. The second-order valence-electron chi connectivity index (χ2n) is 11.7. The minimum absolute atomic E-state index is 0.190.